The van der Waals surface area contributed by atoms with Gasteiger partial charge in [0.25, 0.3) is 6.43 Å². The molecule has 0 unspecified atom stereocenters. The van der Waals surface area contributed by atoms with Gasteiger partial charge in [0.15, 0.2) is 5.82 Å². The Bertz CT molecular complexity index is 1790. The number of sulfonamides is 1. The van der Waals surface area contributed by atoms with E-state index in [0.29, 0.717) is 38.8 Å². The summed E-state index contributed by atoms with van der Waals surface area (Å²) < 4.78 is 66.6. The third-order valence-corrected chi connectivity index (χ3v) is 6.99. The van der Waals surface area contributed by atoms with Crippen molar-refractivity contribution in [3.05, 3.63) is 72.3 Å². The Balaban J connectivity index is 1.72. The first-order chi connectivity index (χ1) is 18.6. The highest BCUT2D eigenvalue weighted by atomic mass is 32.2. The highest BCUT2D eigenvalue weighted by molar-refractivity contribution is 7.92. The number of pyridine rings is 2. The minimum absolute atomic E-state index is 0.113. The standard InChI is InChI=1S/C27H25F2N5O4S/c1-15(16-5-8-19(37-2)9-6-16)34-24-20-11-17(7-10-21(20)30-14-23(24)32-26(34)25(28)29)18-12-22(33-39(4,35)36)27(38-3)31-13-18/h5-15,25,33H,1-4H3/t15-/m1/s1. The van der Waals surface area contributed by atoms with Crippen molar-refractivity contribution in [2.45, 2.75) is 19.4 Å². The fourth-order valence-corrected chi connectivity index (χ4v) is 5.14. The van der Waals surface area contributed by atoms with Gasteiger partial charge in [-0.2, -0.15) is 0 Å². The molecule has 0 saturated carbocycles. The van der Waals surface area contributed by atoms with Gasteiger partial charge >= 0.3 is 0 Å². The molecule has 1 atom stereocenters. The number of methoxy groups -OCH3 is 2. The van der Waals surface area contributed by atoms with Gasteiger partial charge in [0.05, 0.1) is 43.7 Å². The van der Waals surface area contributed by atoms with Crippen LogP contribution in [0.1, 0.15) is 30.8 Å². The van der Waals surface area contributed by atoms with Crippen LogP contribution in [0.15, 0.2) is 60.9 Å². The van der Waals surface area contributed by atoms with Crippen LogP contribution in [-0.4, -0.2) is 48.4 Å². The molecule has 5 aromatic rings. The molecule has 0 fully saturated rings. The third-order valence-electron chi connectivity index (χ3n) is 6.40. The summed E-state index contributed by atoms with van der Waals surface area (Å²) in [4.78, 5) is 12.9. The van der Waals surface area contributed by atoms with Crippen molar-refractivity contribution in [1.29, 1.82) is 0 Å². The Hall–Kier alpha value is -4.32. The highest BCUT2D eigenvalue weighted by Gasteiger charge is 2.25. The van der Waals surface area contributed by atoms with E-state index in [9.17, 15) is 17.2 Å². The van der Waals surface area contributed by atoms with E-state index in [0.717, 1.165) is 11.8 Å². The van der Waals surface area contributed by atoms with Crippen LogP contribution < -0.4 is 14.2 Å². The zero-order valence-corrected chi connectivity index (χ0v) is 22.3. The number of alkyl halides is 2. The molecule has 202 valence electrons. The molecule has 3 heterocycles. The van der Waals surface area contributed by atoms with Gasteiger partial charge in [0.2, 0.25) is 15.9 Å². The average molecular weight is 554 g/mol. The lowest BCUT2D eigenvalue weighted by molar-refractivity contribution is 0.135. The summed E-state index contributed by atoms with van der Waals surface area (Å²) in [7, 11) is -0.644. The van der Waals surface area contributed by atoms with Crippen molar-refractivity contribution in [3.63, 3.8) is 0 Å². The van der Waals surface area contributed by atoms with E-state index in [4.69, 9.17) is 9.47 Å². The fourth-order valence-electron chi connectivity index (χ4n) is 4.60. The lowest BCUT2D eigenvalue weighted by atomic mass is 10.0. The van der Waals surface area contributed by atoms with Crippen LogP contribution in [0.4, 0.5) is 14.5 Å². The summed E-state index contributed by atoms with van der Waals surface area (Å²) in [5.41, 5.74) is 3.67. The Morgan fingerprint density at radius 2 is 1.67 bits per heavy atom. The van der Waals surface area contributed by atoms with Crippen LogP contribution in [0.5, 0.6) is 11.6 Å². The second-order valence-electron chi connectivity index (χ2n) is 8.97. The van der Waals surface area contributed by atoms with Gasteiger partial charge in [-0.15, -0.1) is 0 Å². The van der Waals surface area contributed by atoms with Crippen molar-refractivity contribution in [2.75, 3.05) is 25.2 Å². The Labute approximate surface area is 223 Å². The van der Waals surface area contributed by atoms with E-state index in [1.54, 1.807) is 48.2 Å². The molecule has 12 heteroatoms. The predicted octanol–water partition coefficient (Wildman–Crippen LogP) is 5.58. The third kappa shape index (κ3) is 5.07. The summed E-state index contributed by atoms with van der Waals surface area (Å²) in [6.45, 7) is 1.83. The minimum atomic E-state index is -3.59. The van der Waals surface area contributed by atoms with Gasteiger partial charge in [0.1, 0.15) is 17.0 Å². The molecule has 5 rings (SSSR count). The van der Waals surface area contributed by atoms with Crippen molar-refractivity contribution in [1.82, 2.24) is 19.5 Å². The largest absolute Gasteiger partial charge is 0.497 e. The molecular weight excluding hydrogens is 528 g/mol. The van der Waals surface area contributed by atoms with E-state index in [-0.39, 0.29) is 17.4 Å². The number of anilines is 1. The molecule has 2 aromatic carbocycles. The SMILES string of the molecule is COc1ccc([C@@H](C)n2c(C(F)F)nc3cnc4ccc(-c5cnc(OC)c(NS(C)(=O)=O)c5)cc4c32)cc1. The quantitative estimate of drug-likeness (QED) is 0.267. The number of imidazole rings is 1. The molecule has 0 aliphatic carbocycles. The fraction of sp³-hybridized carbons (Fsp3) is 0.222. The smallest absolute Gasteiger partial charge is 0.295 e. The average Bonchev–Trinajstić information content (AvgIpc) is 3.32. The number of aromatic nitrogens is 4. The van der Waals surface area contributed by atoms with Crippen LogP contribution in [0.2, 0.25) is 0 Å². The van der Waals surface area contributed by atoms with Gasteiger partial charge in [-0.25, -0.2) is 27.2 Å². The number of nitrogens with zero attached hydrogens (tertiary/aromatic N) is 4. The molecule has 39 heavy (non-hydrogen) atoms. The maximum Gasteiger partial charge on any atom is 0.295 e. The number of hydrogen-bond donors (Lipinski definition) is 1. The second-order valence-corrected chi connectivity index (χ2v) is 10.7. The highest BCUT2D eigenvalue weighted by Crippen LogP contribution is 2.37. The summed E-state index contributed by atoms with van der Waals surface area (Å²) in [5.74, 6) is 0.411. The lowest BCUT2D eigenvalue weighted by Gasteiger charge is -2.19. The van der Waals surface area contributed by atoms with Crippen LogP contribution in [0, 0.1) is 0 Å². The van der Waals surface area contributed by atoms with Crippen molar-refractivity contribution >= 4 is 37.6 Å². The molecule has 0 saturated heterocycles. The van der Waals surface area contributed by atoms with E-state index in [1.165, 1.54) is 13.3 Å². The molecule has 9 nitrogen and oxygen atoms in total. The van der Waals surface area contributed by atoms with E-state index < -0.39 is 22.5 Å². The molecule has 0 spiro atoms. The first-order valence-corrected chi connectivity index (χ1v) is 13.7. The zero-order chi connectivity index (χ0) is 27.9. The number of hydrogen-bond acceptors (Lipinski definition) is 7. The van der Waals surface area contributed by atoms with Crippen LogP contribution in [0.3, 0.4) is 0 Å². The molecule has 1 N–H and O–H groups in total. The Kier molecular flexibility index (Phi) is 6.81. The lowest BCUT2D eigenvalue weighted by Crippen LogP contribution is -2.11. The maximum atomic E-state index is 14.3. The monoisotopic (exact) mass is 553 g/mol. The molecule has 0 bridgehead atoms. The van der Waals surface area contributed by atoms with Crippen molar-refractivity contribution in [3.8, 4) is 22.8 Å². The maximum absolute atomic E-state index is 14.3. The van der Waals surface area contributed by atoms with Crippen molar-refractivity contribution < 1.29 is 26.7 Å². The van der Waals surface area contributed by atoms with Crippen LogP contribution >= 0.6 is 0 Å². The zero-order valence-electron chi connectivity index (χ0n) is 21.5. The van der Waals surface area contributed by atoms with Gasteiger partial charge in [-0.1, -0.05) is 18.2 Å². The van der Waals surface area contributed by atoms with Gasteiger partial charge in [-0.3, -0.25) is 9.71 Å². The van der Waals surface area contributed by atoms with E-state index in [1.807, 2.05) is 25.1 Å². The molecular formula is C27H25F2N5O4S. The summed E-state index contributed by atoms with van der Waals surface area (Å²) >= 11 is 0. The summed E-state index contributed by atoms with van der Waals surface area (Å²) in [5, 5.41) is 0.609. The van der Waals surface area contributed by atoms with Gasteiger partial charge in [-0.05, 0) is 48.4 Å². The topological polar surface area (TPSA) is 108 Å². The molecule has 0 amide bonds. The Morgan fingerprint density at radius 1 is 0.923 bits per heavy atom. The first-order valence-electron chi connectivity index (χ1n) is 11.8. The normalized spacial score (nSPS) is 12.7. The first kappa shape index (κ1) is 26.3. The number of halogens is 2. The van der Waals surface area contributed by atoms with Crippen LogP contribution in [-0.2, 0) is 10.0 Å². The number of benzene rings is 2. The van der Waals surface area contributed by atoms with E-state index in [2.05, 4.69) is 19.7 Å². The van der Waals surface area contributed by atoms with Crippen LogP contribution in [0.25, 0.3) is 33.1 Å². The predicted molar refractivity (Wildman–Crippen MR) is 145 cm³/mol. The van der Waals surface area contributed by atoms with Crippen molar-refractivity contribution in [2.24, 2.45) is 0 Å². The molecule has 3 aromatic heterocycles. The number of fused-ring (bicyclic) bond motifs is 3. The number of ether oxygens (including phenoxy) is 2. The van der Waals surface area contributed by atoms with Gasteiger partial charge in [0, 0.05) is 17.1 Å². The Morgan fingerprint density at radius 3 is 2.31 bits per heavy atom. The number of nitrogens with one attached hydrogen (secondary N) is 1. The molecule has 0 aliphatic heterocycles. The van der Waals surface area contributed by atoms with Gasteiger partial charge < -0.3 is 14.0 Å². The minimum Gasteiger partial charge on any atom is -0.497 e. The summed E-state index contributed by atoms with van der Waals surface area (Å²) in [6, 6.07) is 13.7. The second kappa shape index (κ2) is 10.1. The van der Waals surface area contributed by atoms with E-state index >= 15 is 0 Å². The molecule has 0 aliphatic rings. The number of rotatable bonds is 8. The summed E-state index contributed by atoms with van der Waals surface area (Å²) in [6.07, 6.45) is 1.25. The molecule has 0 radical (unpaired) electrons.